The molecule has 0 atom stereocenters. The molecule has 1 amide bonds. The predicted octanol–water partition coefficient (Wildman–Crippen LogP) is 3.15. The Hall–Kier alpha value is -4.03. The van der Waals surface area contributed by atoms with Gasteiger partial charge in [-0.25, -0.2) is 10.4 Å². The van der Waals surface area contributed by atoms with Crippen LogP contribution >= 0.6 is 0 Å². The zero-order valence-electron chi connectivity index (χ0n) is 19.0. The molecule has 3 N–H and O–H groups in total. The molecule has 2 aliphatic heterocycles. The van der Waals surface area contributed by atoms with Gasteiger partial charge in [-0.05, 0) is 36.6 Å². The molecule has 1 saturated heterocycles. The van der Waals surface area contributed by atoms with Crippen LogP contribution in [0.15, 0.2) is 47.1 Å². The molecule has 174 valence electrons. The number of nitrogens with two attached hydrogens (primary N) is 1. The Morgan fingerprint density at radius 3 is 2.94 bits per heavy atom. The van der Waals surface area contributed by atoms with Crippen LogP contribution in [0.1, 0.15) is 25.3 Å². The number of benzene rings is 1. The Morgan fingerprint density at radius 1 is 1.35 bits per heavy atom. The van der Waals surface area contributed by atoms with E-state index in [1.807, 2.05) is 35.2 Å². The van der Waals surface area contributed by atoms with Gasteiger partial charge in [-0.15, -0.1) is 0 Å². The van der Waals surface area contributed by atoms with Crippen LogP contribution < -0.4 is 15.9 Å². The Bertz CT molecular complexity index is 1300. The van der Waals surface area contributed by atoms with Crippen LogP contribution in [-0.2, 0) is 4.79 Å². The minimum Gasteiger partial charge on any atom is -0.479 e. The molecule has 5 rings (SSSR count). The van der Waals surface area contributed by atoms with Crippen molar-refractivity contribution >= 4 is 28.3 Å². The van der Waals surface area contributed by atoms with Crippen molar-refractivity contribution in [3.05, 3.63) is 48.3 Å². The van der Waals surface area contributed by atoms with E-state index in [0.717, 1.165) is 48.0 Å². The molecule has 0 unspecified atom stereocenters. The van der Waals surface area contributed by atoms with Crippen LogP contribution in [0.4, 0.5) is 5.82 Å². The summed E-state index contributed by atoms with van der Waals surface area (Å²) in [6, 6.07) is 11.7. The number of fused-ring (bicyclic) bond motifs is 1. The number of piperidine rings is 1. The van der Waals surface area contributed by atoms with Crippen molar-refractivity contribution in [1.82, 2.24) is 20.3 Å². The van der Waals surface area contributed by atoms with Crippen LogP contribution in [0.5, 0.6) is 5.75 Å². The van der Waals surface area contributed by atoms with Gasteiger partial charge in [0.2, 0.25) is 5.91 Å². The van der Waals surface area contributed by atoms with Gasteiger partial charge in [0.05, 0.1) is 0 Å². The molecule has 9 nitrogen and oxygen atoms in total. The summed E-state index contributed by atoms with van der Waals surface area (Å²) < 4.78 is 11.5. The van der Waals surface area contributed by atoms with Crippen LogP contribution in [0.2, 0.25) is 0 Å². The van der Waals surface area contributed by atoms with E-state index >= 15 is 0 Å². The second kappa shape index (κ2) is 9.08. The van der Waals surface area contributed by atoms with E-state index in [1.165, 1.54) is 0 Å². The standard InChI is InChI=1S/C25H26N6O3/c1-16(32)30-8-5-19(6-9-30)31-15-18(13-29-31)22-14-28-25(27)24-21(22)12-23(34-24)17-3-2-4-20(11-17)33-10-7-26/h2-4,11-12,14-15,19,29H,5-6,8-10,13H2,1H3,(H2,27,28). The van der Waals surface area contributed by atoms with Crippen molar-refractivity contribution in [1.29, 1.82) is 5.26 Å². The fourth-order valence-corrected chi connectivity index (χ4v) is 4.59. The van der Waals surface area contributed by atoms with Gasteiger partial charge in [0.15, 0.2) is 18.0 Å². The maximum atomic E-state index is 11.6. The number of nitrogens with one attached hydrogen (secondary N) is 1. The lowest BCUT2D eigenvalue weighted by Gasteiger charge is -2.36. The van der Waals surface area contributed by atoms with Crippen LogP contribution in [-0.4, -0.2) is 53.1 Å². The molecular weight excluding hydrogens is 432 g/mol. The average Bonchev–Trinajstić information content (AvgIpc) is 3.52. The van der Waals surface area contributed by atoms with Crippen LogP contribution in [0.3, 0.4) is 0 Å². The molecule has 1 fully saturated rings. The summed E-state index contributed by atoms with van der Waals surface area (Å²) >= 11 is 0. The molecular formula is C25H26N6O3. The lowest BCUT2D eigenvalue weighted by Crippen LogP contribution is -2.47. The number of nitrogens with zero attached hydrogens (tertiary/aromatic N) is 4. The summed E-state index contributed by atoms with van der Waals surface area (Å²) in [7, 11) is 0. The highest BCUT2D eigenvalue weighted by Crippen LogP contribution is 2.36. The third kappa shape index (κ3) is 4.16. The number of ether oxygens (including phenoxy) is 1. The van der Waals surface area contributed by atoms with E-state index in [9.17, 15) is 4.79 Å². The molecule has 1 aromatic carbocycles. The second-order valence-electron chi connectivity index (χ2n) is 8.52. The Balaban J connectivity index is 1.42. The van der Waals surface area contributed by atoms with E-state index in [1.54, 1.807) is 19.2 Å². The molecule has 4 heterocycles. The number of hydrogen-bond donors (Lipinski definition) is 2. The Kier molecular flexibility index (Phi) is 5.82. The third-order valence-corrected chi connectivity index (χ3v) is 6.41. The minimum absolute atomic E-state index is 0.0178. The minimum atomic E-state index is -0.0178. The van der Waals surface area contributed by atoms with Crippen molar-refractivity contribution < 1.29 is 13.9 Å². The molecule has 3 aromatic rings. The smallest absolute Gasteiger partial charge is 0.219 e. The zero-order valence-corrected chi connectivity index (χ0v) is 19.0. The van der Waals surface area contributed by atoms with Crippen molar-refractivity contribution in [3.63, 3.8) is 0 Å². The summed E-state index contributed by atoms with van der Waals surface area (Å²) in [5, 5.41) is 11.8. The van der Waals surface area contributed by atoms with Crippen molar-refractivity contribution in [3.8, 4) is 23.1 Å². The number of nitriles is 1. The summed E-state index contributed by atoms with van der Waals surface area (Å²) in [4.78, 5) is 17.9. The van der Waals surface area contributed by atoms with Crippen molar-refractivity contribution in [2.24, 2.45) is 0 Å². The summed E-state index contributed by atoms with van der Waals surface area (Å²) in [5.74, 6) is 1.72. The molecule has 0 aliphatic carbocycles. The molecule has 0 radical (unpaired) electrons. The normalized spacial score (nSPS) is 16.5. The highest BCUT2D eigenvalue weighted by molar-refractivity contribution is 5.98. The fraction of sp³-hybridized carbons (Fsp3) is 0.320. The van der Waals surface area contributed by atoms with E-state index < -0.39 is 0 Å². The number of hydrogen-bond acceptors (Lipinski definition) is 8. The first-order valence-electron chi connectivity index (χ1n) is 11.3. The lowest BCUT2D eigenvalue weighted by molar-refractivity contribution is -0.130. The first-order chi connectivity index (χ1) is 16.5. The van der Waals surface area contributed by atoms with Crippen molar-refractivity contribution in [2.45, 2.75) is 25.8 Å². The van der Waals surface area contributed by atoms with Gasteiger partial charge < -0.3 is 24.8 Å². The Labute approximate surface area is 197 Å². The first-order valence-corrected chi connectivity index (χ1v) is 11.3. The molecule has 34 heavy (non-hydrogen) atoms. The molecule has 0 saturated carbocycles. The molecule has 2 aromatic heterocycles. The van der Waals surface area contributed by atoms with Crippen LogP contribution in [0, 0.1) is 11.3 Å². The van der Waals surface area contributed by atoms with Gasteiger partial charge in [-0.2, -0.15) is 5.26 Å². The molecule has 0 bridgehead atoms. The number of rotatable bonds is 5. The quantitative estimate of drug-likeness (QED) is 0.598. The molecule has 0 spiro atoms. The van der Waals surface area contributed by atoms with Gasteiger partial charge in [0, 0.05) is 61.5 Å². The summed E-state index contributed by atoms with van der Waals surface area (Å²) in [6.45, 7) is 3.83. The number of amides is 1. The maximum Gasteiger partial charge on any atom is 0.219 e. The maximum absolute atomic E-state index is 11.6. The highest BCUT2D eigenvalue weighted by Gasteiger charge is 2.28. The number of anilines is 1. The van der Waals surface area contributed by atoms with Crippen molar-refractivity contribution in [2.75, 3.05) is 32.0 Å². The fourth-order valence-electron chi connectivity index (χ4n) is 4.59. The topological polar surface area (TPSA) is 121 Å². The summed E-state index contributed by atoms with van der Waals surface area (Å²) in [5.41, 5.74) is 13.1. The second-order valence-corrected chi connectivity index (χ2v) is 8.52. The Morgan fingerprint density at radius 2 is 2.18 bits per heavy atom. The SMILES string of the molecule is CC(=O)N1CCC(N2C=C(c3cnc(N)c4oc(-c5cccc(OCC#N)c5)cc34)CN2)CC1. The van der Waals surface area contributed by atoms with E-state index in [0.29, 0.717) is 35.5 Å². The monoisotopic (exact) mass is 458 g/mol. The number of hydrazine groups is 1. The van der Waals surface area contributed by atoms with Gasteiger partial charge in [0.1, 0.15) is 17.6 Å². The molecule has 9 heteroatoms. The average molecular weight is 459 g/mol. The van der Waals surface area contributed by atoms with Gasteiger partial charge in [-0.3, -0.25) is 4.79 Å². The number of nitrogen functional groups attached to an aromatic ring is 1. The van der Waals surface area contributed by atoms with Gasteiger partial charge in [0.25, 0.3) is 0 Å². The van der Waals surface area contributed by atoms with E-state index in [4.69, 9.17) is 20.1 Å². The number of aromatic nitrogens is 1. The van der Waals surface area contributed by atoms with Gasteiger partial charge in [-0.1, -0.05) is 12.1 Å². The first kappa shape index (κ1) is 21.8. The van der Waals surface area contributed by atoms with E-state index in [2.05, 4.69) is 21.6 Å². The number of carbonyl (C=O) groups excluding carboxylic acids is 1. The largest absolute Gasteiger partial charge is 0.479 e. The van der Waals surface area contributed by atoms with E-state index in [-0.39, 0.29) is 12.5 Å². The summed E-state index contributed by atoms with van der Waals surface area (Å²) in [6.07, 6.45) is 5.76. The number of pyridine rings is 1. The highest BCUT2D eigenvalue weighted by atomic mass is 16.5. The zero-order chi connectivity index (χ0) is 23.7. The van der Waals surface area contributed by atoms with Crippen LogP contribution in [0.25, 0.3) is 27.9 Å². The molecule has 2 aliphatic rings. The number of likely N-dealkylation sites (tertiary alicyclic amines) is 1. The predicted molar refractivity (Wildman–Crippen MR) is 128 cm³/mol. The number of carbonyl (C=O) groups is 1. The van der Waals surface area contributed by atoms with Gasteiger partial charge >= 0.3 is 0 Å². The third-order valence-electron chi connectivity index (χ3n) is 6.41. The number of furan rings is 1. The lowest BCUT2D eigenvalue weighted by atomic mass is 10.0.